The van der Waals surface area contributed by atoms with E-state index < -0.39 is 11.9 Å². The molecule has 0 amide bonds. The van der Waals surface area contributed by atoms with Crippen molar-refractivity contribution in [2.75, 3.05) is 0 Å². The van der Waals surface area contributed by atoms with Gasteiger partial charge in [-0.15, -0.1) is 0 Å². The van der Waals surface area contributed by atoms with Gasteiger partial charge in [-0.1, -0.05) is 28.1 Å². The fourth-order valence-corrected chi connectivity index (χ4v) is 1.20. The number of halogens is 2. The second-order valence-electron chi connectivity index (χ2n) is 2.74. The van der Waals surface area contributed by atoms with Crippen LogP contribution in [-0.4, -0.2) is 11.1 Å². The van der Waals surface area contributed by atoms with Gasteiger partial charge in [0.25, 0.3) is 0 Å². The normalized spacial score (nSPS) is 12.2. The van der Waals surface area contributed by atoms with E-state index in [0.29, 0.717) is 0 Å². The van der Waals surface area contributed by atoms with E-state index in [0.717, 1.165) is 4.47 Å². The monoisotopic (exact) mass is 277 g/mol. The largest absolute Gasteiger partial charge is 0.481 e. The molecule has 0 fully saturated rings. The van der Waals surface area contributed by atoms with Crippen molar-refractivity contribution in [1.82, 2.24) is 0 Å². The van der Waals surface area contributed by atoms with Crippen LogP contribution in [0.3, 0.4) is 0 Å². The summed E-state index contributed by atoms with van der Waals surface area (Å²) < 4.78 is 19.1. The first-order valence-corrected chi connectivity index (χ1v) is 5.12. The molecule has 1 aromatic rings. The minimum absolute atomic E-state index is 0.139. The minimum Gasteiger partial charge on any atom is -0.481 e. The lowest BCUT2D eigenvalue weighted by atomic mass is 10.3. The fraction of sp³-hybridized carbons (Fsp3) is 0.222. The quantitative estimate of drug-likeness (QED) is 0.863. The molecular weight excluding hydrogens is 269 g/mol. The third-order valence-electron chi connectivity index (χ3n) is 1.60. The van der Waals surface area contributed by atoms with Gasteiger partial charge in [-0.2, -0.15) is 0 Å². The van der Waals surface area contributed by atoms with Crippen LogP contribution in [0.5, 0.6) is 5.75 Å². The van der Waals surface area contributed by atoms with Crippen LogP contribution in [-0.2, 0) is 0 Å². The molecule has 0 aliphatic rings. The molecule has 1 unspecified atom stereocenters. The Hall–Kier alpha value is -0.680. The zero-order valence-electron chi connectivity index (χ0n) is 7.46. The zero-order chi connectivity index (χ0) is 10.7. The average molecular weight is 278 g/mol. The Morgan fingerprint density at radius 1 is 1.64 bits per heavy atom. The Morgan fingerprint density at radius 2 is 2.29 bits per heavy atom. The van der Waals surface area contributed by atoms with Crippen molar-refractivity contribution in [2.45, 2.75) is 13.0 Å². The van der Waals surface area contributed by atoms with Gasteiger partial charge < -0.3 is 10.5 Å². The Balaban J connectivity index is 2.85. The van der Waals surface area contributed by atoms with E-state index in [4.69, 9.17) is 22.7 Å². The van der Waals surface area contributed by atoms with Crippen LogP contribution >= 0.6 is 28.1 Å². The Labute approximate surface area is 95.4 Å². The van der Waals surface area contributed by atoms with E-state index in [1.54, 1.807) is 13.0 Å². The smallest absolute Gasteiger partial charge is 0.165 e. The van der Waals surface area contributed by atoms with Gasteiger partial charge in [0, 0.05) is 4.47 Å². The Kier molecular flexibility index (Phi) is 3.83. The third-order valence-corrected chi connectivity index (χ3v) is 2.42. The van der Waals surface area contributed by atoms with Crippen molar-refractivity contribution in [3.05, 3.63) is 28.5 Å². The van der Waals surface area contributed by atoms with Crippen molar-refractivity contribution < 1.29 is 9.13 Å². The molecule has 0 radical (unpaired) electrons. The van der Waals surface area contributed by atoms with Crippen LogP contribution in [0.1, 0.15) is 6.92 Å². The highest BCUT2D eigenvalue weighted by Crippen LogP contribution is 2.23. The molecular formula is C9H9BrFNOS. The van der Waals surface area contributed by atoms with Crippen molar-refractivity contribution in [3.63, 3.8) is 0 Å². The molecule has 0 aromatic heterocycles. The molecule has 0 spiro atoms. The van der Waals surface area contributed by atoms with Crippen LogP contribution in [0.25, 0.3) is 0 Å². The van der Waals surface area contributed by atoms with Gasteiger partial charge in [-0.25, -0.2) is 4.39 Å². The topological polar surface area (TPSA) is 35.2 Å². The second-order valence-corrected chi connectivity index (χ2v) is 4.12. The summed E-state index contributed by atoms with van der Waals surface area (Å²) in [5, 5.41) is 0. The molecule has 0 saturated carbocycles. The first-order valence-electron chi connectivity index (χ1n) is 3.91. The van der Waals surface area contributed by atoms with E-state index in [-0.39, 0.29) is 10.7 Å². The number of hydrogen-bond acceptors (Lipinski definition) is 2. The number of rotatable bonds is 3. The number of nitrogens with two attached hydrogens (primary N) is 1. The number of benzene rings is 1. The highest BCUT2D eigenvalue weighted by atomic mass is 79.9. The van der Waals surface area contributed by atoms with E-state index in [1.165, 1.54) is 12.1 Å². The van der Waals surface area contributed by atoms with E-state index in [1.807, 2.05) is 0 Å². The second kappa shape index (κ2) is 4.70. The van der Waals surface area contributed by atoms with Crippen molar-refractivity contribution in [1.29, 1.82) is 0 Å². The average Bonchev–Trinajstić information content (AvgIpc) is 2.11. The molecule has 1 rings (SSSR count). The molecule has 0 aliphatic carbocycles. The summed E-state index contributed by atoms with van der Waals surface area (Å²) in [6, 6.07) is 4.43. The molecule has 5 heteroatoms. The molecule has 76 valence electrons. The lowest BCUT2D eigenvalue weighted by Gasteiger charge is -2.13. The molecule has 0 heterocycles. The summed E-state index contributed by atoms with van der Waals surface area (Å²) in [5.74, 6) is -0.295. The highest BCUT2D eigenvalue weighted by molar-refractivity contribution is 9.10. The molecule has 2 nitrogen and oxygen atoms in total. The number of ether oxygens (including phenoxy) is 1. The molecule has 0 saturated heterocycles. The summed E-state index contributed by atoms with van der Waals surface area (Å²) in [6.07, 6.45) is -0.478. The van der Waals surface area contributed by atoms with Gasteiger partial charge in [-0.05, 0) is 25.1 Å². The van der Waals surface area contributed by atoms with Gasteiger partial charge in [0.05, 0.1) is 0 Å². The minimum atomic E-state index is -0.478. The maximum atomic E-state index is 13.2. The van der Waals surface area contributed by atoms with E-state index >= 15 is 0 Å². The summed E-state index contributed by atoms with van der Waals surface area (Å²) in [7, 11) is 0. The van der Waals surface area contributed by atoms with Crippen molar-refractivity contribution in [3.8, 4) is 5.75 Å². The molecule has 14 heavy (non-hydrogen) atoms. The maximum absolute atomic E-state index is 13.2. The number of hydrogen-bond donors (Lipinski definition) is 1. The lowest BCUT2D eigenvalue weighted by molar-refractivity contribution is 0.274. The summed E-state index contributed by atoms with van der Waals surface area (Å²) in [6.45, 7) is 1.67. The molecule has 1 aromatic carbocycles. The van der Waals surface area contributed by atoms with Crippen LogP contribution in [0, 0.1) is 5.82 Å². The molecule has 0 aliphatic heterocycles. The van der Waals surface area contributed by atoms with Gasteiger partial charge in [0.2, 0.25) is 0 Å². The SMILES string of the molecule is CC(Oc1cc(Br)ccc1F)C(N)=S. The van der Waals surface area contributed by atoms with Gasteiger partial charge in [0.15, 0.2) is 11.6 Å². The summed E-state index contributed by atoms with van der Waals surface area (Å²) >= 11 is 7.92. The summed E-state index contributed by atoms with van der Waals surface area (Å²) in [5.41, 5.74) is 5.34. The fourth-order valence-electron chi connectivity index (χ4n) is 0.816. The Morgan fingerprint density at radius 3 is 2.86 bits per heavy atom. The summed E-state index contributed by atoms with van der Waals surface area (Å²) in [4.78, 5) is 0.198. The van der Waals surface area contributed by atoms with E-state index in [2.05, 4.69) is 15.9 Å². The van der Waals surface area contributed by atoms with Gasteiger partial charge in [0.1, 0.15) is 11.1 Å². The van der Waals surface area contributed by atoms with Crippen LogP contribution < -0.4 is 10.5 Å². The van der Waals surface area contributed by atoms with Crippen molar-refractivity contribution >= 4 is 33.1 Å². The maximum Gasteiger partial charge on any atom is 0.165 e. The Bertz CT molecular complexity index is 359. The third kappa shape index (κ3) is 2.92. The van der Waals surface area contributed by atoms with Crippen LogP contribution in [0.4, 0.5) is 4.39 Å². The molecule has 2 N–H and O–H groups in total. The number of thiocarbonyl (C=S) groups is 1. The molecule has 0 bridgehead atoms. The van der Waals surface area contributed by atoms with E-state index in [9.17, 15) is 4.39 Å². The predicted molar refractivity (Wildman–Crippen MR) is 61.0 cm³/mol. The lowest BCUT2D eigenvalue weighted by Crippen LogP contribution is -2.29. The first kappa shape index (κ1) is 11.4. The zero-order valence-corrected chi connectivity index (χ0v) is 9.86. The van der Waals surface area contributed by atoms with Crippen LogP contribution in [0.15, 0.2) is 22.7 Å². The predicted octanol–water partition coefficient (Wildman–Crippen LogP) is 2.64. The standard InChI is InChI=1S/C9H9BrFNOS/c1-5(9(12)14)13-8-4-6(10)2-3-7(8)11/h2-5H,1H3,(H2,12,14). The van der Waals surface area contributed by atoms with Crippen molar-refractivity contribution in [2.24, 2.45) is 5.73 Å². The molecule has 1 atom stereocenters. The van der Waals surface area contributed by atoms with Gasteiger partial charge in [-0.3, -0.25) is 0 Å². The first-order chi connectivity index (χ1) is 6.50. The highest BCUT2D eigenvalue weighted by Gasteiger charge is 2.10. The van der Waals surface area contributed by atoms with Crippen LogP contribution in [0.2, 0.25) is 0 Å². The van der Waals surface area contributed by atoms with Gasteiger partial charge >= 0.3 is 0 Å².